The Morgan fingerprint density at radius 3 is 2.72 bits per heavy atom. The van der Waals surface area contributed by atoms with E-state index in [1.165, 1.54) is 12.1 Å². The van der Waals surface area contributed by atoms with Gasteiger partial charge in [0, 0.05) is 5.38 Å². The van der Waals surface area contributed by atoms with Gasteiger partial charge in [-0.3, -0.25) is 0 Å². The Hall–Kier alpha value is -0.410. The zero-order valence-corrected chi connectivity index (χ0v) is 12.8. The lowest BCUT2D eigenvalue weighted by molar-refractivity contribution is -0.0128. The van der Waals surface area contributed by atoms with Gasteiger partial charge in [0.1, 0.15) is 0 Å². The van der Waals surface area contributed by atoms with Crippen LogP contribution in [0, 0.1) is 24.2 Å². The minimum Gasteiger partial charge on any atom is -0.393 e. The van der Waals surface area contributed by atoms with Crippen molar-refractivity contribution in [3.63, 3.8) is 0 Å². The Morgan fingerprint density at radius 2 is 2.17 bits per heavy atom. The zero-order chi connectivity index (χ0) is 13.3. The highest BCUT2D eigenvalue weighted by atomic mass is 32.1. The molecular weight excluding hydrogens is 242 g/mol. The fraction of sp³-hybridized carbons (Fsp3) is 0.800. The van der Waals surface area contributed by atoms with Crippen molar-refractivity contribution in [3.05, 3.63) is 16.1 Å². The van der Waals surface area contributed by atoms with E-state index >= 15 is 0 Å². The molecule has 1 aromatic rings. The normalized spacial score (nSPS) is 29.5. The highest BCUT2D eigenvalue weighted by Gasteiger charge is 2.38. The first-order valence-electron chi connectivity index (χ1n) is 6.97. The molecule has 2 rings (SSSR count). The quantitative estimate of drug-likeness (QED) is 0.903. The standard InChI is InChI=1S/C15H25NOS/c1-10-5-6-13(14(17)7-10)15(3,4)8-12-9-18-11(2)16-12/h9-10,13-14,17H,5-8H2,1-4H3. The highest BCUT2D eigenvalue weighted by molar-refractivity contribution is 7.09. The fourth-order valence-electron chi connectivity index (χ4n) is 3.35. The Balaban J connectivity index is 2.05. The molecule has 1 aliphatic carbocycles. The number of aliphatic hydroxyl groups is 1. The third-order valence-electron chi connectivity index (χ3n) is 4.39. The van der Waals surface area contributed by atoms with Gasteiger partial charge < -0.3 is 5.11 Å². The third kappa shape index (κ3) is 3.12. The van der Waals surface area contributed by atoms with E-state index in [0.29, 0.717) is 11.8 Å². The molecule has 1 aromatic heterocycles. The number of aliphatic hydroxyl groups excluding tert-OH is 1. The van der Waals surface area contributed by atoms with E-state index in [4.69, 9.17) is 0 Å². The number of hydrogen-bond acceptors (Lipinski definition) is 3. The van der Waals surface area contributed by atoms with E-state index in [2.05, 4.69) is 38.1 Å². The first kappa shape index (κ1) is 14.0. The van der Waals surface area contributed by atoms with Gasteiger partial charge in [-0.2, -0.15) is 0 Å². The van der Waals surface area contributed by atoms with Crippen LogP contribution in [0.3, 0.4) is 0 Å². The fourth-order valence-corrected chi connectivity index (χ4v) is 3.96. The Labute approximate surface area is 114 Å². The molecule has 3 atom stereocenters. The summed E-state index contributed by atoms with van der Waals surface area (Å²) in [5, 5.41) is 13.6. The van der Waals surface area contributed by atoms with Gasteiger partial charge in [0.25, 0.3) is 0 Å². The number of nitrogens with zero attached hydrogens (tertiary/aromatic N) is 1. The summed E-state index contributed by atoms with van der Waals surface area (Å²) < 4.78 is 0. The molecule has 1 fully saturated rings. The number of aryl methyl sites for hydroxylation is 1. The number of hydrogen-bond donors (Lipinski definition) is 1. The van der Waals surface area contributed by atoms with Crippen molar-refractivity contribution in [1.29, 1.82) is 0 Å². The molecule has 0 amide bonds. The molecule has 18 heavy (non-hydrogen) atoms. The summed E-state index contributed by atoms with van der Waals surface area (Å²) in [7, 11) is 0. The summed E-state index contributed by atoms with van der Waals surface area (Å²) in [6, 6.07) is 0. The van der Waals surface area contributed by atoms with Gasteiger partial charge in [0.2, 0.25) is 0 Å². The Morgan fingerprint density at radius 1 is 1.44 bits per heavy atom. The van der Waals surface area contributed by atoms with Crippen molar-refractivity contribution >= 4 is 11.3 Å². The van der Waals surface area contributed by atoms with Gasteiger partial charge >= 0.3 is 0 Å². The molecule has 3 unspecified atom stereocenters. The molecule has 102 valence electrons. The first-order valence-corrected chi connectivity index (χ1v) is 7.85. The predicted molar refractivity (Wildman–Crippen MR) is 76.8 cm³/mol. The van der Waals surface area contributed by atoms with Gasteiger partial charge in [-0.05, 0) is 43.4 Å². The molecule has 0 spiro atoms. The molecule has 0 saturated heterocycles. The zero-order valence-electron chi connectivity index (χ0n) is 11.9. The van der Waals surface area contributed by atoms with Crippen molar-refractivity contribution in [1.82, 2.24) is 4.98 Å². The summed E-state index contributed by atoms with van der Waals surface area (Å²) in [6.07, 6.45) is 4.21. The lowest BCUT2D eigenvalue weighted by Gasteiger charge is -2.41. The van der Waals surface area contributed by atoms with E-state index in [1.807, 2.05) is 0 Å². The monoisotopic (exact) mass is 267 g/mol. The summed E-state index contributed by atoms with van der Waals surface area (Å²) in [5.74, 6) is 1.09. The summed E-state index contributed by atoms with van der Waals surface area (Å²) >= 11 is 1.72. The van der Waals surface area contributed by atoms with Crippen LogP contribution in [0.1, 0.15) is 50.7 Å². The molecule has 1 heterocycles. The second-order valence-electron chi connectivity index (χ2n) is 6.62. The number of aromatic nitrogens is 1. The van der Waals surface area contributed by atoms with Crippen molar-refractivity contribution in [3.8, 4) is 0 Å². The lowest BCUT2D eigenvalue weighted by atomic mass is 9.66. The van der Waals surface area contributed by atoms with Crippen molar-refractivity contribution in [2.24, 2.45) is 17.3 Å². The summed E-state index contributed by atoms with van der Waals surface area (Å²) in [6.45, 7) is 8.87. The molecule has 2 nitrogen and oxygen atoms in total. The number of rotatable bonds is 3. The lowest BCUT2D eigenvalue weighted by Crippen LogP contribution is -2.39. The van der Waals surface area contributed by atoms with Crippen molar-refractivity contribution in [2.75, 3.05) is 0 Å². The van der Waals surface area contributed by atoms with Crippen LogP contribution in [-0.4, -0.2) is 16.2 Å². The van der Waals surface area contributed by atoms with Crippen LogP contribution in [0.25, 0.3) is 0 Å². The van der Waals surface area contributed by atoms with Gasteiger partial charge in [-0.1, -0.05) is 27.2 Å². The summed E-state index contributed by atoms with van der Waals surface area (Å²) in [4.78, 5) is 4.57. The predicted octanol–water partition coefficient (Wildman–Crippen LogP) is 3.82. The molecule has 0 aliphatic heterocycles. The van der Waals surface area contributed by atoms with Crippen molar-refractivity contribution < 1.29 is 5.11 Å². The van der Waals surface area contributed by atoms with E-state index in [0.717, 1.165) is 24.3 Å². The molecule has 1 saturated carbocycles. The maximum atomic E-state index is 10.3. The second-order valence-corrected chi connectivity index (χ2v) is 7.68. The maximum absolute atomic E-state index is 10.3. The van der Waals surface area contributed by atoms with Crippen LogP contribution in [-0.2, 0) is 6.42 Å². The molecule has 0 radical (unpaired) electrons. The summed E-state index contributed by atoms with van der Waals surface area (Å²) in [5.41, 5.74) is 1.33. The van der Waals surface area contributed by atoms with E-state index in [-0.39, 0.29) is 11.5 Å². The average molecular weight is 267 g/mol. The first-order chi connectivity index (χ1) is 8.38. The Kier molecular flexibility index (Phi) is 4.12. The maximum Gasteiger partial charge on any atom is 0.0897 e. The smallest absolute Gasteiger partial charge is 0.0897 e. The molecule has 0 bridgehead atoms. The Bertz CT molecular complexity index is 399. The minimum atomic E-state index is -0.136. The third-order valence-corrected chi connectivity index (χ3v) is 5.21. The van der Waals surface area contributed by atoms with Crippen LogP contribution >= 0.6 is 11.3 Å². The van der Waals surface area contributed by atoms with Gasteiger partial charge in [-0.15, -0.1) is 11.3 Å². The topological polar surface area (TPSA) is 33.1 Å². The molecule has 1 aliphatic rings. The van der Waals surface area contributed by atoms with Gasteiger partial charge in [0.15, 0.2) is 0 Å². The van der Waals surface area contributed by atoms with Crippen molar-refractivity contribution in [2.45, 2.75) is 59.5 Å². The van der Waals surface area contributed by atoms with Crippen LogP contribution in [0.5, 0.6) is 0 Å². The van der Waals surface area contributed by atoms with E-state index in [9.17, 15) is 5.11 Å². The minimum absolute atomic E-state index is 0.136. The SMILES string of the molecule is Cc1nc(CC(C)(C)C2CCC(C)CC2O)cs1. The van der Waals surface area contributed by atoms with Crippen LogP contribution in [0.4, 0.5) is 0 Å². The molecular formula is C15H25NOS. The van der Waals surface area contributed by atoms with Crippen LogP contribution < -0.4 is 0 Å². The molecule has 3 heteroatoms. The largest absolute Gasteiger partial charge is 0.393 e. The van der Waals surface area contributed by atoms with Gasteiger partial charge in [0.05, 0.1) is 16.8 Å². The van der Waals surface area contributed by atoms with E-state index < -0.39 is 0 Å². The van der Waals surface area contributed by atoms with Crippen LogP contribution in [0.15, 0.2) is 5.38 Å². The molecule has 0 aromatic carbocycles. The van der Waals surface area contributed by atoms with Crippen LogP contribution in [0.2, 0.25) is 0 Å². The van der Waals surface area contributed by atoms with Gasteiger partial charge in [-0.25, -0.2) is 4.98 Å². The highest BCUT2D eigenvalue weighted by Crippen LogP contribution is 2.42. The van der Waals surface area contributed by atoms with E-state index in [1.54, 1.807) is 11.3 Å². The number of thiazole rings is 1. The second kappa shape index (κ2) is 5.30. The average Bonchev–Trinajstić information content (AvgIpc) is 2.62. The molecule has 1 N–H and O–H groups in total.